The molecule has 0 saturated carbocycles. The molecule has 0 radical (unpaired) electrons. The average molecular weight is 168 g/mol. The van der Waals surface area contributed by atoms with Crippen molar-refractivity contribution in [3.8, 4) is 0 Å². The van der Waals surface area contributed by atoms with E-state index in [-0.39, 0.29) is 0 Å². The minimum absolute atomic E-state index is 0.393. The zero-order valence-electron chi connectivity index (χ0n) is 7.08. The van der Waals surface area contributed by atoms with Gasteiger partial charge in [-0.05, 0) is 19.4 Å². The molecular formula is C9H12O3. The Morgan fingerprint density at radius 2 is 2.50 bits per heavy atom. The summed E-state index contributed by atoms with van der Waals surface area (Å²) in [4.78, 5) is 11.0. The Morgan fingerprint density at radius 3 is 3.00 bits per heavy atom. The van der Waals surface area contributed by atoms with Crippen molar-refractivity contribution in [1.29, 1.82) is 0 Å². The summed E-state index contributed by atoms with van der Waals surface area (Å²) in [5.74, 6) is -0.393. The summed E-state index contributed by atoms with van der Waals surface area (Å²) in [5, 5.41) is 0. The fraction of sp³-hybridized carbons (Fsp3) is 0.444. The summed E-state index contributed by atoms with van der Waals surface area (Å²) >= 11 is 0. The second-order valence-electron chi connectivity index (χ2n) is 2.70. The summed E-state index contributed by atoms with van der Waals surface area (Å²) in [6.07, 6.45) is 4.62. The van der Waals surface area contributed by atoms with Crippen LogP contribution in [0.3, 0.4) is 0 Å². The predicted octanol–water partition coefficient (Wildman–Crippen LogP) is 1.76. The molecule has 0 bridgehead atoms. The molecule has 1 unspecified atom stereocenters. The number of allylic oxidation sites excluding steroid dienone is 1. The summed E-state index contributed by atoms with van der Waals surface area (Å²) in [6, 6.07) is 0. The van der Waals surface area contributed by atoms with E-state index in [0.29, 0.717) is 5.57 Å². The highest BCUT2D eigenvalue weighted by molar-refractivity contribution is 5.87. The number of carbonyl (C=O) groups excluding carboxylic acids is 1. The van der Waals surface area contributed by atoms with Crippen molar-refractivity contribution in [3.05, 3.63) is 24.5 Å². The van der Waals surface area contributed by atoms with Crippen LogP contribution in [-0.2, 0) is 14.3 Å². The van der Waals surface area contributed by atoms with E-state index in [2.05, 4.69) is 6.58 Å². The first kappa shape index (κ1) is 8.84. The highest BCUT2D eigenvalue weighted by atomic mass is 16.7. The Balaban J connectivity index is 2.35. The Kier molecular flexibility index (Phi) is 2.91. The fourth-order valence-corrected chi connectivity index (χ4v) is 0.818. The van der Waals surface area contributed by atoms with E-state index in [1.807, 2.05) is 6.08 Å². The lowest BCUT2D eigenvalue weighted by Gasteiger charge is -2.19. The monoisotopic (exact) mass is 168 g/mol. The number of rotatable bonds is 2. The van der Waals surface area contributed by atoms with Gasteiger partial charge in [-0.3, -0.25) is 0 Å². The van der Waals surface area contributed by atoms with Crippen LogP contribution in [-0.4, -0.2) is 12.3 Å². The van der Waals surface area contributed by atoms with Gasteiger partial charge >= 0.3 is 5.97 Å². The smallest absolute Gasteiger partial charge is 0.336 e. The molecule has 0 amide bonds. The van der Waals surface area contributed by atoms with E-state index in [1.54, 1.807) is 13.2 Å². The Bertz CT molecular complexity index is 218. The van der Waals surface area contributed by atoms with Crippen LogP contribution in [0.4, 0.5) is 0 Å². The molecule has 1 rings (SSSR count). The van der Waals surface area contributed by atoms with Crippen molar-refractivity contribution < 1.29 is 14.3 Å². The van der Waals surface area contributed by atoms with Crippen LogP contribution in [0, 0.1) is 0 Å². The molecule has 0 aromatic heterocycles. The van der Waals surface area contributed by atoms with Crippen LogP contribution in [0.25, 0.3) is 0 Å². The first-order valence-corrected chi connectivity index (χ1v) is 3.87. The first-order valence-electron chi connectivity index (χ1n) is 3.87. The quantitative estimate of drug-likeness (QED) is 0.465. The van der Waals surface area contributed by atoms with Gasteiger partial charge in [0.25, 0.3) is 0 Å². The van der Waals surface area contributed by atoms with Gasteiger partial charge in [0.2, 0.25) is 6.29 Å². The normalized spacial score (nSPS) is 21.2. The number of hydrogen-bond acceptors (Lipinski definition) is 3. The van der Waals surface area contributed by atoms with Gasteiger partial charge < -0.3 is 9.47 Å². The molecule has 0 aromatic carbocycles. The van der Waals surface area contributed by atoms with E-state index in [0.717, 1.165) is 12.8 Å². The van der Waals surface area contributed by atoms with Crippen molar-refractivity contribution in [2.24, 2.45) is 0 Å². The summed E-state index contributed by atoms with van der Waals surface area (Å²) in [6.45, 7) is 5.08. The molecule has 1 aliphatic heterocycles. The van der Waals surface area contributed by atoms with E-state index in [4.69, 9.17) is 9.47 Å². The molecule has 0 saturated heterocycles. The SMILES string of the molecule is C=C(C)C(=O)OC1CCC=CO1. The van der Waals surface area contributed by atoms with Crippen molar-refractivity contribution in [2.45, 2.75) is 26.1 Å². The van der Waals surface area contributed by atoms with Crippen molar-refractivity contribution in [3.63, 3.8) is 0 Å². The lowest BCUT2D eigenvalue weighted by molar-refractivity contribution is -0.166. The number of carbonyl (C=O) groups is 1. The molecule has 3 heteroatoms. The second-order valence-corrected chi connectivity index (χ2v) is 2.70. The van der Waals surface area contributed by atoms with Gasteiger partial charge in [0.15, 0.2) is 0 Å². The standard InChI is InChI=1S/C9H12O3/c1-7(2)9(10)12-8-5-3-4-6-11-8/h4,6,8H,1,3,5H2,2H3. The Hall–Kier alpha value is -1.25. The largest absolute Gasteiger partial charge is 0.463 e. The summed E-state index contributed by atoms with van der Waals surface area (Å²) in [7, 11) is 0. The zero-order chi connectivity index (χ0) is 8.97. The van der Waals surface area contributed by atoms with Gasteiger partial charge in [-0.2, -0.15) is 0 Å². The minimum atomic E-state index is -0.431. The molecule has 1 heterocycles. The van der Waals surface area contributed by atoms with Gasteiger partial charge in [0.05, 0.1) is 6.26 Å². The third kappa shape index (κ3) is 2.42. The second kappa shape index (κ2) is 3.95. The molecule has 0 spiro atoms. The zero-order valence-corrected chi connectivity index (χ0v) is 7.08. The maximum Gasteiger partial charge on any atom is 0.336 e. The van der Waals surface area contributed by atoms with Gasteiger partial charge in [-0.15, -0.1) is 0 Å². The molecular weight excluding hydrogens is 156 g/mol. The van der Waals surface area contributed by atoms with E-state index in [9.17, 15) is 4.79 Å². The lowest BCUT2D eigenvalue weighted by Crippen LogP contribution is -2.21. The molecule has 3 nitrogen and oxygen atoms in total. The molecule has 0 N–H and O–H groups in total. The van der Waals surface area contributed by atoms with Crippen LogP contribution >= 0.6 is 0 Å². The first-order chi connectivity index (χ1) is 5.70. The molecule has 66 valence electrons. The lowest BCUT2D eigenvalue weighted by atomic mass is 10.2. The van der Waals surface area contributed by atoms with Crippen LogP contribution in [0.15, 0.2) is 24.5 Å². The third-order valence-corrected chi connectivity index (χ3v) is 1.48. The van der Waals surface area contributed by atoms with Gasteiger partial charge in [-0.25, -0.2) is 4.79 Å². The molecule has 12 heavy (non-hydrogen) atoms. The summed E-state index contributed by atoms with van der Waals surface area (Å²) in [5.41, 5.74) is 0.396. The Labute approximate surface area is 71.7 Å². The molecule has 1 aliphatic rings. The van der Waals surface area contributed by atoms with Gasteiger partial charge in [-0.1, -0.05) is 6.58 Å². The van der Waals surface area contributed by atoms with Crippen molar-refractivity contribution in [1.82, 2.24) is 0 Å². The van der Waals surface area contributed by atoms with Crippen LogP contribution in [0.1, 0.15) is 19.8 Å². The van der Waals surface area contributed by atoms with E-state index < -0.39 is 12.3 Å². The molecule has 1 atom stereocenters. The van der Waals surface area contributed by atoms with Crippen LogP contribution in [0.5, 0.6) is 0 Å². The number of ether oxygens (including phenoxy) is 2. The third-order valence-electron chi connectivity index (χ3n) is 1.48. The Morgan fingerprint density at radius 1 is 1.75 bits per heavy atom. The van der Waals surface area contributed by atoms with E-state index in [1.165, 1.54) is 0 Å². The summed E-state index contributed by atoms with van der Waals surface area (Å²) < 4.78 is 9.97. The topological polar surface area (TPSA) is 35.5 Å². The predicted molar refractivity (Wildman–Crippen MR) is 44.2 cm³/mol. The maximum atomic E-state index is 11.0. The highest BCUT2D eigenvalue weighted by Crippen LogP contribution is 2.12. The fourth-order valence-electron chi connectivity index (χ4n) is 0.818. The van der Waals surface area contributed by atoms with Crippen LogP contribution in [0.2, 0.25) is 0 Å². The van der Waals surface area contributed by atoms with Gasteiger partial charge in [0, 0.05) is 12.0 Å². The molecule has 0 aliphatic carbocycles. The van der Waals surface area contributed by atoms with Crippen molar-refractivity contribution in [2.75, 3.05) is 0 Å². The van der Waals surface area contributed by atoms with E-state index >= 15 is 0 Å². The maximum absolute atomic E-state index is 11.0. The van der Waals surface area contributed by atoms with Crippen molar-refractivity contribution >= 4 is 5.97 Å². The average Bonchev–Trinajstić information content (AvgIpc) is 2.06. The molecule has 0 aromatic rings. The number of hydrogen-bond donors (Lipinski definition) is 0. The minimum Gasteiger partial charge on any atom is -0.463 e. The van der Waals surface area contributed by atoms with Crippen LogP contribution < -0.4 is 0 Å². The van der Waals surface area contributed by atoms with Gasteiger partial charge in [0.1, 0.15) is 0 Å². The number of esters is 1. The molecule has 0 fully saturated rings. The highest BCUT2D eigenvalue weighted by Gasteiger charge is 2.15.